The molecule has 1 aliphatic carbocycles. The van der Waals surface area contributed by atoms with Crippen molar-refractivity contribution in [3.05, 3.63) is 70.8 Å². The summed E-state index contributed by atoms with van der Waals surface area (Å²) in [7, 11) is 0. The monoisotopic (exact) mass is 419 g/mol. The van der Waals surface area contributed by atoms with Crippen LogP contribution in [0.2, 0.25) is 0 Å². The maximum atomic E-state index is 12.6. The molecular weight excluding hydrogens is 395 g/mol. The summed E-state index contributed by atoms with van der Waals surface area (Å²) in [5, 5.41) is 5.56. The number of hydrogen-bond acceptors (Lipinski definition) is 2. The molecule has 3 atom stereocenters. The summed E-state index contributed by atoms with van der Waals surface area (Å²) < 4.78 is 37.9. The number of aryl methyl sites for hydroxylation is 1. The first-order chi connectivity index (χ1) is 14.1. The lowest BCUT2D eigenvalue weighted by atomic mass is 9.98. The molecule has 0 heterocycles. The average Bonchev–Trinajstić information content (AvgIpc) is 3.37. The third-order valence-corrected chi connectivity index (χ3v) is 5.32. The number of hydrogen-bond donors (Lipinski definition) is 3. The summed E-state index contributed by atoms with van der Waals surface area (Å²) in [6.45, 7) is 1.89. The molecule has 1 fully saturated rings. The van der Waals surface area contributed by atoms with Crippen molar-refractivity contribution in [3.63, 3.8) is 0 Å². The normalized spacial score (nSPS) is 19.1. The molecule has 2 aromatic rings. The van der Waals surface area contributed by atoms with E-state index in [4.69, 9.17) is 5.73 Å². The topological polar surface area (TPSA) is 84.2 Å². The highest BCUT2D eigenvalue weighted by Gasteiger charge is 2.38. The number of alkyl halides is 3. The van der Waals surface area contributed by atoms with Crippen molar-refractivity contribution >= 4 is 11.9 Å². The molecule has 0 bridgehead atoms. The standard InChI is InChI=1S/C22H24F3N3O2/c1-13-4-2-3-5-17(13)19(28-21(26)30)12-20(29)27-18-11-15(18)10-14-6-8-16(9-7-14)22(23,24)25/h2-9,15,18-19H,10-12H2,1H3,(H,27,29)(H3,26,28,30). The van der Waals surface area contributed by atoms with E-state index in [-0.39, 0.29) is 24.3 Å². The van der Waals surface area contributed by atoms with Crippen molar-refractivity contribution in [1.82, 2.24) is 10.6 Å². The summed E-state index contributed by atoms with van der Waals surface area (Å²) in [5.41, 5.74) is 7.16. The van der Waals surface area contributed by atoms with Gasteiger partial charge in [0.15, 0.2) is 0 Å². The first-order valence-electron chi connectivity index (χ1n) is 9.70. The number of primary amides is 1. The Kier molecular flexibility index (Phi) is 6.34. The molecule has 1 saturated carbocycles. The van der Waals surface area contributed by atoms with Crippen molar-refractivity contribution in [2.75, 3.05) is 0 Å². The zero-order valence-corrected chi connectivity index (χ0v) is 16.5. The van der Waals surface area contributed by atoms with Gasteiger partial charge in [0.2, 0.25) is 5.91 Å². The second kappa shape index (κ2) is 8.77. The lowest BCUT2D eigenvalue weighted by molar-refractivity contribution is -0.137. The van der Waals surface area contributed by atoms with Gasteiger partial charge in [-0.2, -0.15) is 13.2 Å². The molecule has 1 aliphatic rings. The second-order valence-corrected chi connectivity index (χ2v) is 7.69. The van der Waals surface area contributed by atoms with Crippen LogP contribution in [0, 0.1) is 12.8 Å². The van der Waals surface area contributed by atoms with Crippen LogP contribution in [0.5, 0.6) is 0 Å². The molecule has 0 aromatic heterocycles. The van der Waals surface area contributed by atoms with Crippen molar-refractivity contribution in [2.24, 2.45) is 11.7 Å². The van der Waals surface area contributed by atoms with E-state index >= 15 is 0 Å². The van der Waals surface area contributed by atoms with Crippen LogP contribution in [0.15, 0.2) is 48.5 Å². The number of rotatable bonds is 7. The van der Waals surface area contributed by atoms with Gasteiger partial charge in [0.25, 0.3) is 0 Å². The first kappa shape index (κ1) is 21.7. The van der Waals surface area contributed by atoms with Crippen LogP contribution in [-0.4, -0.2) is 18.0 Å². The maximum Gasteiger partial charge on any atom is 0.416 e. The smallest absolute Gasteiger partial charge is 0.353 e. The Morgan fingerprint density at radius 3 is 2.40 bits per heavy atom. The third-order valence-electron chi connectivity index (χ3n) is 5.32. The average molecular weight is 419 g/mol. The van der Waals surface area contributed by atoms with Crippen molar-refractivity contribution in [2.45, 2.75) is 44.4 Å². The van der Waals surface area contributed by atoms with Crippen LogP contribution in [0.25, 0.3) is 0 Å². The van der Waals surface area contributed by atoms with Gasteiger partial charge in [-0.1, -0.05) is 36.4 Å². The van der Waals surface area contributed by atoms with E-state index in [1.54, 1.807) is 0 Å². The summed E-state index contributed by atoms with van der Waals surface area (Å²) in [5.74, 6) is -0.0244. The maximum absolute atomic E-state index is 12.6. The fourth-order valence-electron chi connectivity index (χ4n) is 3.62. The van der Waals surface area contributed by atoms with Gasteiger partial charge in [-0.05, 0) is 54.5 Å². The number of nitrogens with one attached hydrogen (secondary N) is 2. The van der Waals surface area contributed by atoms with Gasteiger partial charge >= 0.3 is 12.2 Å². The molecule has 8 heteroatoms. The van der Waals surface area contributed by atoms with Crippen LogP contribution in [0.3, 0.4) is 0 Å². The van der Waals surface area contributed by atoms with E-state index in [9.17, 15) is 22.8 Å². The van der Waals surface area contributed by atoms with Gasteiger partial charge in [0.05, 0.1) is 18.0 Å². The van der Waals surface area contributed by atoms with Gasteiger partial charge in [-0.3, -0.25) is 4.79 Å². The highest BCUT2D eigenvalue weighted by molar-refractivity contribution is 5.79. The van der Waals surface area contributed by atoms with Crippen molar-refractivity contribution in [1.29, 1.82) is 0 Å². The van der Waals surface area contributed by atoms with Gasteiger partial charge in [0.1, 0.15) is 0 Å². The zero-order valence-electron chi connectivity index (χ0n) is 16.5. The fourth-order valence-corrected chi connectivity index (χ4v) is 3.62. The third kappa shape index (κ3) is 5.75. The van der Waals surface area contributed by atoms with Crippen LogP contribution in [0.1, 0.15) is 41.1 Å². The van der Waals surface area contributed by atoms with Gasteiger partial charge in [-0.15, -0.1) is 0 Å². The number of nitrogens with two attached hydrogens (primary N) is 1. The number of carbonyl (C=O) groups excluding carboxylic acids is 2. The van der Waals surface area contributed by atoms with Gasteiger partial charge < -0.3 is 16.4 Å². The lowest BCUT2D eigenvalue weighted by Gasteiger charge is -2.19. The summed E-state index contributed by atoms with van der Waals surface area (Å²) in [6.07, 6.45) is -2.92. The minimum atomic E-state index is -4.35. The molecule has 160 valence electrons. The Morgan fingerprint density at radius 2 is 1.80 bits per heavy atom. The zero-order chi connectivity index (χ0) is 21.9. The quantitative estimate of drug-likeness (QED) is 0.637. The minimum absolute atomic E-state index is 0.0223. The number of benzene rings is 2. The Bertz CT molecular complexity index is 913. The molecule has 3 amide bonds. The SMILES string of the molecule is Cc1ccccc1C(CC(=O)NC1CC1Cc1ccc(C(F)(F)F)cc1)NC(N)=O. The summed E-state index contributed by atoms with van der Waals surface area (Å²) in [4.78, 5) is 23.9. The second-order valence-electron chi connectivity index (χ2n) is 7.69. The van der Waals surface area contributed by atoms with Gasteiger partial charge in [0, 0.05) is 6.04 Å². The molecule has 3 unspecified atom stereocenters. The number of carbonyl (C=O) groups is 2. The van der Waals surface area contributed by atoms with Crippen molar-refractivity contribution in [3.8, 4) is 0 Å². The minimum Gasteiger partial charge on any atom is -0.353 e. The summed E-state index contributed by atoms with van der Waals surface area (Å²) in [6, 6.07) is 11.3. The van der Waals surface area contributed by atoms with Crippen LogP contribution < -0.4 is 16.4 Å². The van der Waals surface area contributed by atoms with E-state index in [0.717, 1.165) is 35.2 Å². The molecule has 5 nitrogen and oxygen atoms in total. The van der Waals surface area contributed by atoms with E-state index in [1.807, 2.05) is 31.2 Å². The van der Waals surface area contributed by atoms with Crippen LogP contribution in [-0.2, 0) is 17.4 Å². The lowest BCUT2D eigenvalue weighted by Crippen LogP contribution is -2.37. The largest absolute Gasteiger partial charge is 0.416 e. The first-order valence-corrected chi connectivity index (χ1v) is 9.70. The van der Waals surface area contributed by atoms with Crippen LogP contribution >= 0.6 is 0 Å². The molecule has 30 heavy (non-hydrogen) atoms. The van der Waals surface area contributed by atoms with E-state index in [1.165, 1.54) is 12.1 Å². The van der Waals surface area contributed by atoms with E-state index in [2.05, 4.69) is 10.6 Å². The van der Waals surface area contributed by atoms with Gasteiger partial charge in [-0.25, -0.2) is 4.79 Å². The number of halogens is 3. The summed E-state index contributed by atoms with van der Waals surface area (Å²) >= 11 is 0. The molecule has 0 radical (unpaired) electrons. The molecule has 4 N–H and O–H groups in total. The Balaban J connectivity index is 1.54. The van der Waals surface area contributed by atoms with E-state index in [0.29, 0.717) is 6.42 Å². The molecule has 0 saturated heterocycles. The number of urea groups is 1. The highest BCUT2D eigenvalue weighted by Crippen LogP contribution is 2.35. The predicted molar refractivity (Wildman–Crippen MR) is 106 cm³/mol. The molecule has 0 aliphatic heterocycles. The molecule has 3 rings (SSSR count). The predicted octanol–water partition coefficient (Wildman–Crippen LogP) is 3.86. The molecule has 0 spiro atoms. The number of amides is 3. The van der Waals surface area contributed by atoms with Crippen LogP contribution in [0.4, 0.5) is 18.0 Å². The Labute approximate surface area is 172 Å². The molecule has 2 aromatic carbocycles. The van der Waals surface area contributed by atoms with Crippen molar-refractivity contribution < 1.29 is 22.8 Å². The fraction of sp³-hybridized carbons (Fsp3) is 0.364. The molecular formula is C22H24F3N3O2. The van der Waals surface area contributed by atoms with E-state index < -0.39 is 23.8 Å². The Hall–Kier alpha value is -3.03. The highest BCUT2D eigenvalue weighted by atomic mass is 19.4. The Morgan fingerprint density at radius 1 is 1.13 bits per heavy atom.